The van der Waals surface area contributed by atoms with Crippen molar-refractivity contribution in [3.8, 4) is 5.75 Å². The zero-order valence-corrected chi connectivity index (χ0v) is 11.6. The number of methoxy groups -OCH3 is 1. The van der Waals surface area contributed by atoms with Crippen molar-refractivity contribution in [1.29, 1.82) is 0 Å². The van der Waals surface area contributed by atoms with Crippen molar-refractivity contribution in [2.75, 3.05) is 13.7 Å². The number of nitrogens with zero attached hydrogens (tertiary/aromatic N) is 2. The largest absolute Gasteiger partial charge is 0.494 e. The van der Waals surface area contributed by atoms with E-state index < -0.39 is 0 Å². The highest BCUT2D eigenvalue weighted by atomic mass is 19.1. The monoisotopic (exact) mass is 275 g/mol. The predicted molar refractivity (Wildman–Crippen MR) is 75.1 cm³/mol. The molecule has 4 nitrogen and oxygen atoms in total. The normalized spacial score (nSPS) is 12.2. The van der Waals surface area contributed by atoms with Crippen molar-refractivity contribution in [2.45, 2.75) is 19.4 Å². The van der Waals surface area contributed by atoms with Crippen LogP contribution in [-0.2, 0) is 6.42 Å². The van der Waals surface area contributed by atoms with Gasteiger partial charge in [-0.2, -0.15) is 10.2 Å². The number of hydrogen-bond acceptors (Lipinski definition) is 4. The molecule has 0 saturated heterocycles. The van der Waals surface area contributed by atoms with Gasteiger partial charge in [-0.15, -0.1) is 0 Å². The van der Waals surface area contributed by atoms with Crippen LogP contribution >= 0.6 is 0 Å². The minimum Gasteiger partial charge on any atom is -0.494 e. The predicted octanol–water partition coefficient (Wildman–Crippen LogP) is 2.52. The molecular formula is C15H18FN3O. The summed E-state index contributed by atoms with van der Waals surface area (Å²) in [5.41, 5.74) is 1.61. The summed E-state index contributed by atoms with van der Waals surface area (Å²) in [6.45, 7) is 2.81. The molecule has 106 valence electrons. The Morgan fingerprint density at radius 1 is 1.30 bits per heavy atom. The van der Waals surface area contributed by atoms with Crippen LogP contribution < -0.4 is 10.1 Å². The van der Waals surface area contributed by atoms with Crippen LogP contribution in [-0.4, -0.2) is 23.9 Å². The second-order valence-corrected chi connectivity index (χ2v) is 4.42. The minimum absolute atomic E-state index is 0.00268. The van der Waals surface area contributed by atoms with E-state index >= 15 is 0 Å². The molecule has 1 N–H and O–H groups in total. The summed E-state index contributed by atoms with van der Waals surface area (Å²) < 4.78 is 19.2. The van der Waals surface area contributed by atoms with Gasteiger partial charge in [-0.05, 0) is 36.2 Å². The molecule has 20 heavy (non-hydrogen) atoms. The maximum atomic E-state index is 14.2. The Labute approximate surface area is 118 Å². The quantitative estimate of drug-likeness (QED) is 0.880. The Bertz CT molecular complexity index is 548. The maximum absolute atomic E-state index is 14.2. The summed E-state index contributed by atoms with van der Waals surface area (Å²) in [5, 5.41) is 11.0. The molecule has 1 aromatic carbocycles. The average Bonchev–Trinajstić information content (AvgIpc) is 2.49. The topological polar surface area (TPSA) is 47.0 Å². The van der Waals surface area contributed by atoms with E-state index in [-0.39, 0.29) is 17.6 Å². The molecule has 5 heteroatoms. The third kappa shape index (κ3) is 3.30. The second-order valence-electron chi connectivity index (χ2n) is 4.42. The fourth-order valence-electron chi connectivity index (χ4n) is 2.15. The lowest BCUT2D eigenvalue weighted by Gasteiger charge is -2.18. The molecule has 1 heterocycles. The van der Waals surface area contributed by atoms with E-state index in [2.05, 4.69) is 15.5 Å². The Balaban J connectivity index is 2.25. The third-order valence-corrected chi connectivity index (χ3v) is 3.15. The van der Waals surface area contributed by atoms with E-state index in [1.54, 1.807) is 30.6 Å². The van der Waals surface area contributed by atoms with Crippen LogP contribution in [0.3, 0.4) is 0 Å². The van der Waals surface area contributed by atoms with Gasteiger partial charge in [-0.1, -0.05) is 19.1 Å². The molecule has 0 aliphatic heterocycles. The summed E-state index contributed by atoms with van der Waals surface area (Å²) in [7, 11) is 1.47. The zero-order chi connectivity index (χ0) is 14.4. The van der Waals surface area contributed by atoms with Gasteiger partial charge in [0.15, 0.2) is 11.6 Å². The molecule has 0 aliphatic rings. The van der Waals surface area contributed by atoms with Gasteiger partial charge >= 0.3 is 0 Å². The van der Waals surface area contributed by atoms with Gasteiger partial charge in [-0.3, -0.25) is 0 Å². The number of rotatable bonds is 6. The van der Waals surface area contributed by atoms with E-state index in [1.165, 1.54) is 7.11 Å². The highest BCUT2D eigenvalue weighted by molar-refractivity contribution is 5.32. The smallest absolute Gasteiger partial charge is 0.168 e. The van der Waals surface area contributed by atoms with Crippen LogP contribution in [0.15, 0.2) is 36.7 Å². The number of halogens is 1. The first-order chi connectivity index (χ1) is 9.76. The van der Waals surface area contributed by atoms with Gasteiger partial charge in [-0.25, -0.2) is 4.39 Å². The van der Waals surface area contributed by atoms with Crippen LogP contribution in [0.1, 0.15) is 24.1 Å². The lowest BCUT2D eigenvalue weighted by molar-refractivity contribution is 0.382. The number of aromatic nitrogens is 2. The summed E-state index contributed by atoms with van der Waals surface area (Å²) in [6.07, 6.45) is 3.87. The SMILES string of the molecule is CCNC(Cc1cccc(OC)c1F)c1ccnnc1. The van der Waals surface area contributed by atoms with Crippen molar-refractivity contribution in [3.63, 3.8) is 0 Å². The first kappa shape index (κ1) is 14.4. The lowest BCUT2D eigenvalue weighted by Crippen LogP contribution is -2.23. The van der Waals surface area contributed by atoms with Gasteiger partial charge in [0, 0.05) is 12.2 Å². The number of benzene rings is 1. The van der Waals surface area contributed by atoms with Crippen molar-refractivity contribution in [3.05, 3.63) is 53.6 Å². The Morgan fingerprint density at radius 3 is 2.80 bits per heavy atom. The Kier molecular flexibility index (Phi) is 5.01. The molecule has 0 spiro atoms. The van der Waals surface area contributed by atoms with Gasteiger partial charge in [0.25, 0.3) is 0 Å². The molecule has 0 bridgehead atoms. The summed E-state index contributed by atoms with van der Waals surface area (Å²) >= 11 is 0. The molecule has 2 rings (SSSR count). The Morgan fingerprint density at radius 2 is 2.15 bits per heavy atom. The highest BCUT2D eigenvalue weighted by Gasteiger charge is 2.16. The fraction of sp³-hybridized carbons (Fsp3) is 0.333. The van der Waals surface area contributed by atoms with Crippen molar-refractivity contribution < 1.29 is 9.13 Å². The standard InChI is InChI=1S/C15H18FN3O/c1-3-17-13(12-7-8-18-19-10-12)9-11-5-4-6-14(20-2)15(11)16/h4-8,10,13,17H,3,9H2,1-2H3. The zero-order valence-electron chi connectivity index (χ0n) is 11.6. The highest BCUT2D eigenvalue weighted by Crippen LogP contribution is 2.24. The van der Waals surface area contributed by atoms with Gasteiger partial charge in [0.05, 0.1) is 13.3 Å². The van der Waals surface area contributed by atoms with Crippen LogP contribution in [0.2, 0.25) is 0 Å². The van der Waals surface area contributed by atoms with E-state index in [1.807, 2.05) is 13.0 Å². The fourth-order valence-corrected chi connectivity index (χ4v) is 2.15. The molecule has 0 saturated carbocycles. The lowest BCUT2D eigenvalue weighted by atomic mass is 10.00. The summed E-state index contributed by atoms with van der Waals surface area (Å²) in [4.78, 5) is 0. The molecule has 0 aliphatic carbocycles. The van der Waals surface area contributed by atoms with Crippen LogP contribution in [0.5, 0.6) is 5.75 Å². The molecule has 0 radical (unpaired) electrons. The number of ether oxygens (including phenoxy) is 1. The van der Waals surface area contributed by atoms with Gasteiger partial charge < -0.3 is 10.1 Å². The van der Waals surface area contributed by atoms with Gasteiger partial charge in [0.2, 0.25) is 0 Å². The van der Waals surface area contributed by atoms with E-state index in [0.717, 1.165) is 12.1 Å². The molecule has 0 fully saturated rings. The third-order valence-electron chi connectivity index (χ3n) is 3.15. The molecular weight excluding hydrogens is 257 g/mol. The van der Waals surface area contributed by atoms with Crippen LogP contribution in [0.4, 0.5) is 4.39 Å². The van der Waals surface area contributed by atoms with Crippen molar-refractivity contribution in [2.24, 2.45) is 0 Å². The minimum atomic E-state index is -0.306. The van der Waals surface area contributed by atoms with E-state index in [0.29, 0.717) is 12.0 Å². The molecule has 1 unspecified atom stereocenters. The van der Waals surface area contributed by atoms with E-state index in [9.17, 15) is 4.39 Å². The van der Waals surface area contributed by atoms with Gasteiger partial charge in [0.1, 0.15) is 0 Å². The first-order valence-electron chi connectivity index (χ1n) is 6.57. The summed E-state index contributed by atoms with van der Waals surface area (Å²) in [6, 6.07) is 7.08. The molecule has 0 amide bonds. The van der Waals surface area contributed by atoms with Crippen LogP contribution in [0, 0.1) is 5.82 Å². The number of hydrogen-bond donors (Lipinski definition) is 1. The molecule has 1 aromatic heterocycles. The average molecular weight is 275 g/mol. The second kappa shape index (κ2) is 6.96. The first-order valence-corrected chi connectivity index (χ1v) is 6.57. The van der Waals surface area contributed by atoms with Crippen molar-refractivity contribution >= 4 is 0 Å². The number of likely N-dealkylation sites (N-methyl/N-ethyl adjacent to an activating group) is 1. The summed E-state index contributed by atoms with van der Waals surface area (Å²) in [5.74, 6) is -0.0366. The molecule has 2 aromatic rings. The molecule has 1 atom stereocenters. The van der Waals surface area contributed by atoms with Crippen molar-refractivity contribution in [1.82, 2.24) is 15.5 Å². The van der Waals surface area contributed by atoms with Crippen LogP contribution in [0.25, 0.3) is 0 Å². The number of nitrogens with one attached hydrogen (secondary N) is 1. The van der Waals surface area contributed by atoms with E-state index in [4.69, 9.17) is 4.74 Å². The maximum Gasteiger partial charge on any atom is 0.168 e. The Hall–Kier alpha value is -2.01.